The molecule has 0 N–H and O–H groups in total. The molecule has 0 saturated carbocycles. The van der Waals surface area contributed by atoms with Gasteiger partial charge in [0, 0.05) is 10.8 Å². The topological polar surface area (TPSA) is 4.93 Å². The highest BCUT2D eigenvalue weighted by molar-refractivity contribution is 6.12. The second-order valence-corrected chi connectivity index (χ2v) is 34.6. The number of nitrogens with zero attached hydrogens (tertiary/aromatic N) is 1. The first-order chi connectivity index (χ1) is 41.7. The lowest BCUT2D eigenvalue weighted by Gasteiger charge is -2.27. The number of alkyl halides is 3. The van der Waals surface area contributed by atoms with Crippen LogP contribution in [0.5, 0.6) is 0 Å². The van der Waals surface area contributed by atoms with E-state index in [9.17, 15) is 0 Å². The van der Waals surface area contributed by atoms with E-state index in [4.69, 9.17) is 0 Å². The molecule has 0 amide bonds. The van der Waals surface area contributed by atoms with Gasteiger partial charge in [0.05, 0.1) is 22.3 Å². The molecule has 0 unspecified atom stereocenters. The maximum Gasteiger partial charge on any atom is 0.418 e. The molecule has 4 heteroatoms. The molecule has 0 radical (unpaired) electrons. The third-order valence-electron chi connectivity index (χ3n) is 18.7. The number of hydrogen-bond donors (Lipinski definition) is 0. The van der Waals surface area contributed by atoms with Gasteiger partial charge in [-0.3, -0.25) is 0 Å². The van der Waals surface area contributed by atoms with Crippen LogP contribution in [0.15, 0.2) is 170 Å². The smallest absolute Gasteiger partial charge is 0.309 e. The van der Waals surface area contributed by atoms with Crippen molar-refractivity contribution in [2.24, 2.45) is 0 Å². The first kappa shape index (κ1) is 66.5. The van der Waals surface area contributed by atoms with Crippen LogP contribution < -0.4 is 0 Å². The molecule has 0 aliphatic heterocycles. The summed E-state index contributed by atoms with van der Waals surface area (Å²) >= 11 is 0. The summed E-state index contributed by atoms with van der Waals surface area (Å²) in [5.41, 5.74) is 23.1. The normalized spacial score (nSPS) is 13.4. The Bertz CT molecular complexity index is 3860. The highest BCUT2D eigenvalue weighted by Gasteiger charge is 2.35. The minimum Gasteiger partial charge on any atom is -0.309 e. The highest BCUT2D eigenvalue weighted by atomic mass is 19.4. The Morgan fingerprint density at radius 2 is 0.429 bits per heavy atom. The van der Waals surface area contributed by atoms with Gasteiger partial charge in [-0.1, -0.05) is 263 Å². The molecule has 0 fully saturated rings. The minimum atomic E-state index is -4.60. The van der Waals surface area contributed by atoms with Crippen molar-refractivity contribution in [2.75, 3.05) is 0 Å². The molecular weight excluding hydrogens is 1120 g/mol. The molecule has 0 aliphatic carbocycles. The highest BCUT2D eigenvalue weighted by Crippen LogP contribution is 2.47. The quantitative estimate of drug-likeness (QED) is 0.150. The zero-order chi connectivity index (χ0) is 66.9. The first-order valence-corrected chi connectivity index (χ1v) is 32.9. The number of hydrogen-bond acceptors (Lipinski definition) is 0. The predicted molar refractivity (Wildman–Crippen MR) is 388 cm³/mol. The van der Waals surface area contributed by atoms with E-state index >= 15 is 13.2 Å². The third kappa shape index (κ3) is 14.0. The number of aromatic nitrogens is 1. The van der Waals surface area contributed by atoms with Crippen LogP contribution in [0.2, 0.25) is 0 Å². The Balaban J connectivity index is 1.30. The molecule has 0 bridgehead atoms. The molecule has 474 valence electrons. The largest absolute Gasteiger partial charge is 0.418 e. The van der Waals surface area contributed by atoms with Gasteiger partial charge in [-0.25, -0.2) is 0 Å². The molecule has 0 atom stereocenters. The monoisotopic (exact) mass is 1220 g/mol. The molecule has 10 rings (SSSR count). The average molecular weight is 1220 g/mol. The molecule has 0 saturated heterocycles. The van der Waals surface area contributed by atoms with Gasteiger partial charge in [-0.2, -0.15) is 13.2 Å². The van der Waals surface area contributed by atoms with E-state index in [0.29, 0.717) is 11.0 Å². The van der Waals surface area contributed by atoms with Crippen molar-refractivity contribution in [2.45, 2.75) is 216 Å². The van der Waals surface area contributed by atoms with Crippen molar-refractivity contribution in [1.29, 1.82) is 0 Å². The molecule has 1 nitrogen and oxygen atoms in total. The molecule has 91 heavy (non-hydrogen) atoms. The van der Waals surface area contributed by atoms with Crippen molar-refractivity contribution in [3.05, 3.63) is 220 Å². The van der Waals surface area contributed by atoms with Crippen molar-refractivity contribution < 1.29 is 13.2 Å². The summed E-state index contributed by atoms with van der Waals surface area (Å²) in [4.78, 5) is 0. The Morgan fingerprint density at radius 3 is 0.648 bits per heavy atom. The SMILES string of the molecule is CC(C)(C)c1cc(-c2cc(-c3cc(C(C)(C)C)cc(C(C)(C)C)c3)cc(-c3ccc4c(c3)c3cc(-c5cc(-c6cc(C(C)(C)C)cc(C(C)(C)C)c6)cc(-c6cc(C(C)(C)C)cc(C(C)(C)C)c6)c5)ccc3n4-c3ccccc3C(F)(F)F)c2)cc(C(C)(C)C)c1. The van der Waals surface area contributed by atoms with E-state index < -0.39 is 11.7 Å². The van der Waals surface area contributed by atoms with Crippen LogP contribution in [0, 0.1) is 0 Å². The molecule has 1 aromatic heterocycles. The average Bonchev–Trinajstić information content (AvgIpc) is 1.61. The van der Waals surface area contributed by atoms with E-state index in [1.54, 1.807) is 12.1 Å². The fourth-order valence-electron chi connectivity index (χ4n) is 12.4. The predicted octanol–water partition coefficient (Wildman–Crippen LogP) is 26.2. The Labute approximate surface area is 544 Å². The molecule has 9 aromatic carbocycles. The van der Waals surface area contributed by atoms with E-state index in [1.807, 2.05) is 16.7 Å². The van der Waals surface area contributed by atoms with Crippen molar-refractivity contribution in [1.82, 2.24) is 4.57 Å². The van der Waals surface area contributed by atoms with Gasteiger partial charge >= 0.3 is 6.18 Å². The van der Waals surface area contributed by atoms with Crippen molar-refractivity contribution >= 4 is 21.8 Å². The van der Waals surface area contributed by atoms with E-state index in [-0.39, 0.29) is 49.0 Å². The van der Waals surface area contributed by atoms with Gasteiger partial charge in [-0.05, 0) is 227 Å². The fourth-order valence-corrected chi connectivity index (χ4v) is 12.4. The van der Waals surface area contributed by atoms with E-state index in [2.05, 4.69) is 300 Å². The van der Waals surface area contributed by atoms with Gasteiger partial charge in [0.25, 0.3) is 0 Å². The van der Waals surface area contributed by atoms with Crippen LogP contribution >= 0.6 is 0 Å². The van der Waals surface area contributed by atoms with Crippen LogP contribution in [0.3, 0.4) is 0 Å². The Morgan fingerprint density at radius 1 is 0.220 bits per heavy atom. The van der Waals surface area contributed by atoms with Crippen LogP contribution in [-0.2, 0) is 49.5 Å². The summed E-state index contributed by atoms with van der Waals surface area (Å²) in [6.07, 6.45) is -4.60. The lowest BCUT2D eigenvalue weighted by molar-refractivity contribution is -0.137. The van der Waals surface area contributed by atoms with Gasteiger partial charge in [-0.15, -0.1) is 0 Å². The number of fused-ring (bicyclic) bond motifs is 3. The molecular formula is C87H100F3N. The molecule has 1 heterocycles. The third-order valence-corrected chi connectivity index (χ3v) is 18.7. The van der Waals surface area contributed by atoms with Crippen LogP contribution in [0.4, 0.5) is 13.2 Å². The zero-order valence-corrected chi connectivity index (χ0v) is 59.2. The summed E-state index contributed by atoms with van der Waals surface area (Å²) < 4.78 is 48.1. The minimum absolute atomic E-state index is 0.0904. The zero-order valence-electron chi connectivity index (χ0n) is 59.2. The van der Waals surface area contributed by atoms with E-state index in [0.717, 1.165) is 77.5 Å². The van der Waals surface area contributed by atoms with Gasteiger partial charge < -0.3 is 4.57 Å². The van der Waals surface area contributed by atoms with Crippen molar-refractivity contribution in [3.63, 3.8) is 0 Å². The van der Waals surface area contributed by atoms with Crippen LogP contribution in [-0.4, -0.2) is 4.57 Å². The molecule has 0 aliphatic rings. The standard InChI is InChI=1S/C87H100F3N/c1-79(2,3)65-39-61(40-66(49-65)80(4,5)6)57-33-55(34-58(37-57)62-41-67(81(7,8)9)50-68(42-62)82(10,11)12)53-29-31-76-73(47-53)74-48-54(30-32-77(74)91(76)78-28-26-25-27-75(78)87(88,89)90)56-35-59(63-43-69(83(13,14)15)51-70(44-63)84(16,17)18)38-60(36-56)64-45-71(85(19,20)21)52-72(46-64)86(22,23)24/h25-52H,1-24H3. The Hall–Kier alpha value is -7.43. The fraction of sp³-hybridized carbons (Fsp3) is 0.379. The number of para-hydroxylation sites is 1. The Kier molecular flexibility index (Phi) is 16.6. The molecule has 0 spiro atoms. The summed E-state index contributed by atoms with van der Waals surface area (Å²) in [5.74, 6) is 0. The van der Waals surface area contributed by atoms with Crippen LogP contribution in [0.1, 0.15) is 216 Å². The lowest BCUT2D eigenvalue weighted by atomic mass is 9.77. The number of rotatable bonds is 7. The number of halogens is 3. The molecule has 10 aromatic rings. The summed E-state index contributed by atoms with van der Waals surface area (Å²) in [7, 11) is 0. The summed E-state index contributed by atoms with van der Waals surface area (Å²) in [6.45, 7) is 54.9. The second kappa shape index (κ2) is 22.7. The van der Waals surface area contributed by atoms with Gasteiger partial charge in [0.1, 0.15) is 0 Å². The second-order valence-electron chi connectivity index (χ2n) is 34.6. The van der Waals surface area contributed by atoms with Crippen LogP contribution in [0.25, 0.3) is 94.3 Å². The van der Waals surface area contributed by atoms with Gasteiger partial charge in [0.2, 0.25) is 0 Å². The lowest BCUT2D eigenvalue weighted by Crippen LogP contribution is -2.16. The first-order valence-electron chi connectivity index (χ1n) is 32.9. The van der Waals surface area contributed by atoms with Crippen molar-refractivity contribution in [3.8, 4) is 72.4 Å². The van der Waals surface area contributed by atoms with E-state index in [1.165, 1.54) is 56.6 Å². The number of benzene rings is 9. The summed E-state index contributed by atoms with van der Waals surface area (Å²) in [6, 6.07) is 61.3. The van der Waals surface area contributed by atoms with Gasteiger partial charge in [0.15, 0.2) is 0 Å². The summed E-state index contributed by atoms with van der Waals surface area (Å²) in [5, 5.41) is 1.73. The maximum atomic E-state index is 15.4. The maximum absolute atomic E-state index is 15.4.